The number of furan rings is 1. The summed E-state index contributed by atoms with van der Waals surface area (Å²) in [6.07, 6.45) is 0.697. The number of thiophene rings is 1. The minimum Gasteiger partial charge on any atom is -0.465 e. The van der Waals surface area contributed by atoms with E-state index in [1.807, 2.05) is 13.8 Å². The molecule has 0 atom stereocenters. The Hall–Kier alpha value is -2.08. The molecule has 6 heteroatoms. The van der Waals surface area contributed by atoms with Gasteiger partial charge in [-0.15, -0.1) is 11.3 Å². The molecule has 0 aliphatic heterocycles. The van der Waals surface area contributed by atoms with Crippen LogP contribution >= 0.6 is 11.3 Å². The van der Waals surface area contributed by atoms with Crippen LogP contribution in [0.4, 0.5) is 5.00 Å². The molecule has 2 rings (SSSR count). The molecule has 0 fully saturated rings. The Morgan fingerprint density at radius 3 is 2.57 bits per heavy atom. The lowest BCUT2D eigenvalue weighted by molar-refractivity contribution is 0.0601. The maximum Gasteiger partial charge on any atom is 0.341 e. The average Bonchev–Trinajstić information content (AvgIpc) is 3.01. The van der Waals surface area contributed by atoms with Crippen molar-refractivity contribution in [2.24, 2.45) is 0 Å². The van der Waals surface area contributed by atoms with Crippen molar-refractivity contribution in [3.05, 3.63) is 39.7 Å². The predicted molar refractivity (Wildman–Crippen MR) is 81.2 cm³/mol. The lowest BCUT2D eigenvalue weighted by Gasteiger charge is -2.05. The molecule has 0 bridgehead atoms. The Morgan fingerprint density at radius 2 is 2.05 bits per heavy atom. The number of amides is 1. The van der Waals surface area contributed by atoms with E-state index in [9.17, 15) is 9.59 Å². The molecule has 0 saturated carbocycles. The first kappa shape index (κ1) is 15.3. The van der Waals surface area contributed by atoms with Crippen LogP contribution in [0.2, 0.25) is 0 Å². The summed E-state index contributed by atoms with van der Waals surface area (Å²) in [6.45, 7) is 5.65. The Balaban J connectivity index is 2.35. The van der Waals surface area contributed by atoms with Crippen molar-refractivity contribution in [2.45, 2.75) is 27.2 Å². The van der Waals surface area contributed by atoms with Gasteiger partial charge in [0.1, 0.15) is 10.8 Å². The normalized spacial score (nSPS) is 10.5. The summed E-state index contributed by atoms with van der Waals surface area (Å²) in [7, 11) is 1.33. The minimum atomic E-state index is -0.442. The summed E-state index contributed by atoms with van der Waals surface area (Å²) >= 11 is 1.36. The topological polar surface area (TPSA) is 68.5 Å². The molecule has 2 aromatic heterocycles. The number of esters is 1. The molecule has 1 N–H and O–H groups in total. The zero-order valence-electron chi connectivity index (χ0n) is 12.4. The first-order valence-corrected chi connectivity index (χ1v) is 7.37. The van der Waals surface area contributed by atoms with Crippen molar-refractivity contribution in [1.29, 1.82) is 0 Å². The molecule has 0 unspecified atom stereocenters. The van der Waals surface area contributed by atoms with Crippen molar-refractivity contribution in [3.63, 3.8) is 0 Å². The fourth-order valence-corrected chi connectivity index (χ4v) is 3.26. The minimum absolute atomic E-state index is 0.215. The van der Waals surface area contributed by atoms with Gasteiger partial charge in [0.15, 0.2) is 5.76 Å². The zero-order chi connectivity index (χ0) is 15.6. The van der Waals surface area contributed by atoms with E-state index in [0.717, 1.165) is 10.4 Å². The molecule has 21 heavy (non-hydrogen) atoms. The van der Waals surface area contributed by atoms with Crippen molar-refractivity contribution in [1.82, 2.24) is 0 Å². The molecule has 112 valence electrons. The maximum atomic E-state index is 12.1. The first-order chi connectivity index (χ1) is 9.97. The number of carbonyl (C=O) groups excluding carboxylic acids is 2. The number of nitrogens with one attached hydrogen (secondary N) is 1. The van der Waals surface area contributed by atoms with Crippen LogP contribution < -0.4 is 5.32 Å². The second-order valence-corrected chi connectivity index (χ2v) is 5.78. The van der Waals surface area contributed by atoms with Gasteiger partial charge in [0, 0.05) is 4.88 Å². The van der Waals surface area contributed by atoms with E-state index in [1.54, 1.807) is 19.1 Å². The molecule has 0 radical (unpaired) electrons. The van der Waals surface area contributed by atoms with Gasteiger partial charge < -0.3 is 14.5 Å². The van der Waals surface area contributed by atoms with Crippen LogP contribution in [0, 0.1) is 13.8 Å². The van der Waals surface area contributed by atoms with Crippen molar-refractivity contribution in [3.8, 4) is 0 Å². The highest BCUT2D eigenvalue weighted by molar-refractivity contribution is 7.16. The number of methoxy groups -OCH3 is 1. The molecule has 5 nitrogen and oxygen atoms in total. The number of anilines is 1. The largest absolute Gasteiger partial charge is 0.465 e. The molecule has 2 heterocycles. The van der Waals surface area contributed by atoms with Crippen LogP contribution in [-0.4, -0.2) is 19.0 Å². The number of hydrogen-bond donors (Lipinski definition) is 1. The summed E-state index contributed by atoms with van der Waals surface area (Å²) in [6, 6.07) is 3.32. The van der Waals surface area contributed by atoms with Crippen LogP contribution in [0.25, 0.3) is 0 Å². The SMILES string of the molecule is CCc1c(C)sc(NC(=O)c2ccc(C)o2)c1C(=O)OC. The molecule has 1 amide bonds. The Kier molecular flexibility index (Phi) is 4.47. The van der Waals surface area contributed by atoms with E-state index in [1.165, 1.54) is 18.4 Å². The third-order valence-corrected chi connectivity index (χ3v) is 4.21. The second kappa shape index (κ2) is 6.13. The lowest BCUT2D eigenvalue weighted by Crippen LogP contribution is -2.14. The van der Waals surface area contributed by atoms with Gasteiger partial charge in [-0.05, 0) is 38.0 Å². The highest BCUT2D eigenvalue weighted by atomic mass is 32.1. The number of hydrogen-bond acceptors (Lipinski definition) is 5. The van der Waals surface area contributed by atoms with E-state index in [2.05, 4.69) is 5.32 Å². The van der Waals surface area contributed by atoms with E-state index in [0.29, 0.717) is 22.7 Å². The molecule has 0 aromatic carbocycles. The zero-order valence-corrected chi connectivity index (χ0v) is 13.2. The smallest absolute Gasteiger partial charge is 0.341 e. The highest BCUT2D eigenvalue weighted by Crippen LogP contribution is 2.34. The van der Waals surface area contributed by atoms with Crippen LogP contribution in [0.1, 0.15) is 44.0 Å². The summed E-state index contributed by atoms with van der Waals surface area (Å²) in [5.41, 5.74) is 1.33. The molecule has 0 saturated heterocycles. The van der Waals surface area contributed by atoms with Crippen LogP contribution in [0.3, 0.4) is 0 Å². The fourth-order valence-electron chi connectivity index (χ4n) is 2.13. The van der Waals surface area contributed by atoms with Gasteiger partial charge in [0.25, 0.3) is 5.91 Å². The number of ether oxygens (including phenoxy) is 1. The van der Waals surface area contributed by atoms with Crippen LogP contribution in [-0.2, 0) is 11.2 Å². The maximum absolute atomic E-state index is 12.1. The molecule has 0 aliphatic rings. The predicted octanol–water partition coefficient (Wildman–Crippen LogP) is 3.56. The second-order valence-electron chi connectivity index (χ2n) is 4.55. The number of carbonyl (C=O) groups is 2. The number of rotatable bonds is 4. The van der Waals surface area contributed by atoms with E-state index >= 15 is 0 Å². The summed E-state index contributed by atoms with van der Waals surface area (Å²) in [4.78, 5) is 25.1. The van der Waals surface area contributed by atoms with Crippen molar-refractivity contribution >= 4 is 28.2 Å². The monoisotopic (exact) mass is 307 g/mol. The third kappa shape index (κ3) is 3.00. The highest BCUT2D eigenvalue weighted by Gasteiger charge is 2.23. The van der Waals surface area contributed by atoms with E-state index in [4.69, 9.17) is 9.15 Å². The van der Waals surface area contributed by atoms with Gasteiger partial charge in [-0.1, -0.05) is 6.92 Å². The van der Waals surface area contributed by atoms with Gasteiger partial charge in [0.05, 0.1) is 12.7 Å². The van der Waals surface area contributed by atoms with E-state index < -0.39 is 5.97 Å². The third-order valence-electron chi connectivity index (χ3n) is 3.14. The Bertz CT molecular complexity index is 684. The molecule has 2 aromatic rings. The fraction of sp³-hybridized carbons (Fsp3) is 0.333. The molecular formula is C15H17NO4S. The molecule has 0 spiro atoms. The Labute approximate surface area is 126 Å². The molecular weight excluding hydrogens is 290 g/mol. The van der Waals surface area contributed by atoms with E-state index in [-0.39, 0.29) is 11.7 Å². The summed E-state index contributed by atoms with van der Waals surface area (Å²) in [5, 5.41) is 3.23. The van der Waals surface area contributed by atoms with Crippen LogP contribution in [0.15, 0.2) is 16.5 Å². The van der Waals surface area contributed by atoms with Gasteiger partial charge in [0.2, 0.25) is 0 Å². The quantitative estimate of drug-likeness (QED) is 0.877. The first-order valence-electron chi connectivity index (χ1n) is 6.56. The van der Waals surface area contributed by atoms with Gasteiger partial charge in [-0.3, -0.25) is 4.79 Å². The standard InChI is InChI=1S/C15H17NO4S/c1-5-10-9(3)21-14(12(10)15(18)19-4)16-13(17)11-7-6-8(2)20-11/h6-7H,5H2,1-4H3,(H,16,17). The summed E-state index contributed by atoms with van der Waals surface area (Å²) in [5.74, 6) is 0.0525. The van der Waals surface area contributed by atoms with Gasteiger partial charge in [-0.25, -0.2) is 4.79 Å². The van der Waals surface area contributed by atoms with Crippen molar-refractivity contribution in [2.75, 3.05) is 12.4 Å². The van der Waals surface area contributed by atoms with Gasteiger partial charge in [-0.2, -0.15) is 0 Å². The summed E-state index contributed by atoms with van der Waals surface area (Å²) < 4.78 is 10.1. The average molecular weight is 307 g/mol. The molecule has 0 aliphatic carbocycles. The Morgan fingerprint density at radius 1 is 1.33 bits per heavy atom. The van der Waals surface area contributed by atoms with Crippen LogP contribution in [0.5, 0.6) is 0 Å². The lowest BCUT2D eigenvalue weighted by atomic mass is 10.1. The van der Waals surface area contributed by atoms with Gasteiger partial charge >= 0.3 is 5.97 Å². The number of aryl methyl sites for hydroxylation is 2. The van der Waals surface area contributed by atoms with Crippen molar-refractivity contribution < 1.29 is 18.7 Å².